The van der Waals surface area contributed by atoms with E-state index in [0.717, 1.165) is 65.3 Å². The second kappa shape index (κ2) is 9.99. The summed E-state index contributed by atoms with van der Waals surface area (Å²) in [5, 5.41) is 0. The van der Waals surface area contributed by atoms with Gasteiger partial charge in [-0.25, -0.2) is 4.39 Å². The predicted octanol–water partition coefficient (Wildman–Crippen LogP) is 8.23. The van der Waals surface area contributed by atoms with Gasteiger partial charge in [-0.05, 0) is 103 Å². The molecule has 1 heterocycles. The summed E-state index contributed by atoms with van der Waals surface area (Å²) in [6, 6.07) is 20.8. The number of aryl methyl sites for hydroxylation is 2. The lowest BCUT2D eigenvalue weighted by Crippen LogP contribution is -2.17. The van der Waals surface area contributed by atoms with E-state index in [1.54, 1.807) is 18.9 Å². The summed E-state index contributed by atoms with van der Waals surface area (Å²) in [6.07, 6.45) is 3.33. The minimum atomic E-state index is -1.40. The van der Waals surface area contributed by atoms with Crippen LogP contribution in [0.1, 0.15) is 55.4 Å². The van der Waals surface area contributed by atoms with Crippen LogP contribution in [0.2, 0.25) is 0 Å². The van der Waals surface area contributed by atoms with Crippen LogP contribution in [0.25, 0.3) is 11.1 Å². The first-order chi connectivity index (χ1) is 15.5. The molecule has 1 atom stereocenters. The van der Waals surface area contributed by atoms with Crippen LogP contribution in [0.15, 0.2) is 60.7 Å². The summed E-state index contributed by atoms with van der Waals surface area (Å²) >= 11 is 1.63. The highest BCUT2D eigenvalue weighted by atomic mass is 32.2. The van der Waals surface area contributed by atoms with E-state index in [9.17, 15) is 0 Å². The standard InChI is InChI=1S/C28H32FNOS/c1-4-14-28(3,29)25-18-24(30-32-19-21-9-6-5-7-10-21)16-20(2)27(25)23-12-13-26-22(17-23)11-8-15-31-26/h5-7,9-10,12-13,16-18,30H,4,8,11,14-15,19H2,1-3H3. The van der Waals surface area contributed by atoms with E-state index in [2.05, 4.69) is 54.1 Å². The van der Waals surface area contributed by atoms with Crippen LogP contribution in [0.5, 0.6) is 5.75 Å². The molecule has 0 radical (unpaired) electrons. The first-order valence-electron chi connectivity index (χ1n) is 11.5. The van der Waals surface area contributed by atoms with E-state index in [0.29, 0.717) is 6.42 Å². The Kier molecular flexibility index (Phi) is 7.10. The Bertz CT molecular complexity index is 1060. The van der Waals surface area contributed by atoms with Crippen molar-refractivity contribution in [3.63, 3.8) is 0 Å². The summed E-state index contributed by atoms with van der Waals surface area (Å²) in [4.78, 5) is 0. The summed E-state index contributed by atoms with van der Waals surface area (Å²) in [5.74, 6) is 1.82. The van der Waals surface area contributed by atoms with Gasteiger partial charge in [-0.15, -0.1) is 0 Å². The van der Waals surface area contributed by atoms with E-state index in [4.69, 9.17) is 4.74 Å². The molecule has 168 valence electrons. The van der Waals surface area contributed by atoms with E-state index >= 15 is 4.39 Å². The summed E-state index contributed by atoms with van der Waals surface area (Å²) in [5.41, 5.74) is 5.96. The molecule has 32 heavy (non-hydrogen) atoms. The Hall–Kier alpha value is -2.46. The molecule has 0 aromatic heterocycles. The van der Waals surface area contributed by atoms with Crippen LogP contribution in [-0.4, -0.2) is 6.61 Å². The fourth-order valence-electron chi connectivity index (χ4n) is 4.54. The van der Waals surface area contributed by atoms with Crippen molar-refractivity contribution in [2.75, 3.05) is 11.3 Å². The third-order valence-electron chi connectivity index (χ3n) is 6.09. The van der Waals surface area contributed by atoms with E-state index in [1.165, 1.54) is 11.1 Å². The molecular formula is C28H32FNOS. The number of benzene rings is 3. The highest BCUT2D eigenvalue weighted by molar-refractivity contribution is 7.99. The molecule has 0 saturated carbocycles. The molecule has 0 fully saturated rings. The van der Waals surface area contributed by atoms with Gasteiger partial charge < -0.3 is 9.46 Å². The average Bonchev–Trinajstić information content (AvgIpc) is 2.79. The quantitative estimate of drug-likeness (QED) is 0.350. The third-order valence-corrected chi connectivity index (χ3v) is 6.94. The van der Waals surface area contributed by atoms with Crippen LogP contribution < -0.4 is 9.46 Å². The molecule has 1 unspecified atom stereocenters. The molecule has 1 aliphatic heterocycles. The molecule has 4 heteroatoms. The molecule has 3 aromatic carbocycles. The van der Waals surface area contributed by atoms with Crippen LogP contribution >= 0.6 is 11.9 Å². The molecule has 0 bridgehead atoms. The fourth-order valence-corrected chi connectivity index (χ4v) is 5.25. The number of fused-ring (bicyclic) bond motifs is 1. The molecule has 4 rings (SSSR count). The zero-order valence-electron chi connectivity index (χ0n) is 19.2. The Morgan fingerprint density at radius 1 is 1.09 bits per heavy atom. The lowest BCUT2D eigenvalue weighted by atomic mass is 9.83. The number of hydrogen-bond donors (Lipinski definition) is 1. The molecule has 1 N–H and O–H groups in total. The molecular weight excluding hydrogens is 417 g/mol. The molecule has 0 saturated heterocycles. The van der Waals surface area contributed by atoms with Crippen LogP contribution in [0, 0.1) is 6.92 Å². The first kappa shape index (κ1) is 22.7. The normalized spacial score (nSPS) is 14.9. The molecule has 0 amide bonds. The third kappa shape index (κ3) is 5.12. The Morgan fingerprint density at radius 2 is 1.91 bits per heavy atom. The van der Waals surface area contributed by atoms with Gasteiger partial charge in [0.1, 0.15) is 11.4 Å². The number of nitrogens with one attached hydrogen (secondary N) is 1. The number of alkyl halides is 1. The monoisotopic (exact) mass is 449 g/mol. The zero-order valence-corrected chi connectivity index (χ0v) is 20.0. The van der Waals surface area contributed by atoms with Gasteiger partial charge in [0.2, 0.25) is 0 Å². The summed E-state index contributed by atoms with van der Waals surface area (Å²) < 4.78 is 25.2. The average molecular weight is 450 g/mol. The lowest BCUT2D eigenvalue weighted by Gasteiger charge is -2.27. The zero-order chi connectivity index (χ0) is 22.6. The van der Waals surface area contributed by atoms with Gasteiger partial charge in [0.15, 0.2) is 0 Å². The highest BCUT2D eigenvalue weighted by Crippen LogP contribution is 2.43. The number of ether oxygens (including phenoxy) is 1. The molecule has 3 aromatic rings. The van der Waals surface area contributed by atoms with Crippen molar-refractivity contribution >= 4 is 17.6 Å². The lowest BCUT2D eigenvalue weighted by molar-refractivity contribution is 0.176. The maximum absolute atomic E-state index is 16.0. The van der Waals surface area contributed by atoms with E-state index in [-0.39, 0.29) is 0 Å². The van der Waals surface area contributed by atoms with Crippen LogP contribution in [0.3, 0.4) is 0 Å². The van der Waals surface area contributed by atoms with Gasteiger partial charge in [-0.1, -0.05) is 49.7 Å². The maximum atomic E-state index is 16.0. The number of hydrogen-bond acceptors (Lipinski definition) is 3. The first-order valence-corrected chi connectivity index (χ1v) is 12.5. The maximum Gasteiger partial charge on any atom is 0.133 e. The number of rotatable bonds is 8. The van der Waals surface area contributed by atoms with Crippen molar-refractivity contribution < 1.29 is 9.13 Å². The minimum Gasteiger partial charge on any atom is -0.493 e. The van der Waals surface area contributed by atoms with Crippen LogP contribution in [-0.2, 0) is 17.8 Å². The van der Waals surface area contributed by atoms with Crippen molar-refractivity contribution in [3.05, 3.63) is 82.9 Å². The topological polar surface area (TPSA) is 21.3 Å². The summed E-state index contributed by atoms with van der Waals surface area (Å²) in [7, 11) is 0. The number of anilines is 1. The van der Waals surface area contributed by atoms with E-state index in [1.807, 2.05) is 25.1 Å². The second-order valence-corrected chi connectivity index (χ2v) is 9.60. The Balaban J connectivity index is 1.68. The number of halogens is 1. The van der Waals surface area contributed by atoms with Crippen molar-refractivity contribution in [1.29, 1.82) is 0 Å². The minimum absolute atomic E-state index is 0.494. The van der Waals surface area contributed by atoms with Gasteiger partial charge in [0.25, 0.3) is 0 Å². The van der Waals surface area contributed by atoms with Gasteiger partial charge in [0, 0.05) is 11.4 Å². The fraction of sp³-hybridized carbons (Fsp3) is 0.357. The molecule has 0 aliphatic carbocycles. The largest absolute Gasteiger partial charge is 0.493 e. The van der Waals surface area contributed by atoms with Gasteiger partial charge in [-0.3, -0.25) is 0 Å². The van der Waals surface area contributed by atoms with Crippen molar-refractivity contribution in [3.8, 4) is 16.9 Å². The Labute approximate surface area is 195 Å². The van der Waals surface area contributed by atoms with Crippen molar-refractivity contribution in [2.24, 2.45) is 0 Å². The van der Waals surface area contributed by atoms with Gasteiger partial charge in [-0.2, -0.15) is 0 Å². The predicted molar refractivity (Wildman–Crippen MR) is 135 cm³/mol. The summed E-state index contributed by atoms with van der Waals surface area (Å²) in [6.45, 7) is 6.62. The van der Waals surface area contributed by atoms with Gasteiger partial charge in [0.05, 0.1) is 6.61 Å². The highest BCUT2D eigenvalue weighted by Gasteiger charge is 2.30. The molecule has 0 spiro atoms. The second-order valence-electron chi connectivity index (χ2n) is 8.81. The molecule has 1 aliphatic rings. The van der Waals surface area contributed by atoms with Crippen molar-refractivity contribution in [1.82, 2.24) is 0 Å². The van der Waals surface area contributed by atoms with Crippen molar-refractivity contribution in [2.45, 2.75) is 57.9 Å². The smallest absolute Gasteiger partial charge is 0.133 e. The van der Waals surface area contributed by atoms with E-state index < -0.39 is 5.67 Å². The SMILES string of the molecule is CCCC(C)(F)c1cc(NSCc2ccccc2)cc(C)c1-c1ccc2c(c1)CCCO2. The van der Waals surface area contributed by atoms with Gasteiger partial charge >= 0.3 is 0 Å². The molecule has 2 nitrogen and oxygen atoms in total. The Morgan fingerprint density at radius 3 is 2.69 bits per heavy atom. The van der Waals surface area contributed by atoms with Crippen LogP contribution in [0.4, 0.5) is 10.1 Å².